The summed E-state index contributed by atoms with van der Waals surface area (Å²) in [6.45, 7) is 8.25. The first kappa shape index (κ1) is 15.8. The fourth-order valence-corrected chi connectivity index (χ4v) is 3.72. The van der Waals surface area contributed by atoms with E-state index in [1.807, 2.05) is 0 Å². The maximum absolute atomic E-state index is 12.9. The van der Waals surface area contributed by atoms with E-state index >= 15 is 0 Å². The van der Waals surface area contributed by atoms with Crippen molar-refractivity contribution in [3.63, 3.8) is 0 Å². The second-order valence-corrected chi connectivity index (χ2v) is 7.04. The van der Waals surface area contributed by atoms with E-state index in [0.717, 1.165) is 51.9 Å². The number of piperidine rings is 2. The summed E-state index contributed by atoms with van der Waals surface area (Å²) in [5.74, 6) is 1.24. The zero-order valence-corrected chi connectivity index (χ0v) is 13.0. The molecule has 0 aromatic rings. The highest BCUT2D eigenvalue weighted by atomic mass is 16.3. The highest BCUT2D eigenvalue weighted by molar-refractivity contribution is 5.82. The van der Waals surface area contributed by atoms with E-state index in [9.17, 15) is 4.79 Å². The first-order chi connectivity index (χ1) is 9.55. The van der Waals surface area contributed by atoms with Crippen molar-refractivity contribution in [1.29, 1.82) is 0 Å². The lowest BCUT2D eigenvalue weighted by atomic mass is 9.73. The molecule has 4 nitrogen and oxygen atoms in total. The van der Waals surface area contributed by atoms with Gasteiger partial charge in [0.05, 0.1) is 0 Å². The summed E-state index contributed by atoms with van der Waals surface area (Å²) in [5, 5.41) is 12.5. The Morgan fingerprint density at radius 1 is 1.35 bits per heavy atom. The summed E-state index contributed by atoms with van der Waals surface area (Å²) in [6, 6.07) is 0. The molecule has 0 bridgehead atoms. The number of aliphatic hydroxyl groups is 1. The lowest BCUT2D eigenvalue weighted by molar-refractivity contribution is -0.145. The second-order valence-electron chi connectivity index (χ2n) is 7.04. The lowest BCUT2D eigenvalue weighted by Gasteiger charge is -2.42. The number of nitrogens with zero attached hydrogens (tertiary/aromatic N) is 1. The maximum Gasteiger partial charge on any atom is 0.228 e. The molecule has 2 saturated heterocycles. The van der Waals surface area contributed by atoms with Gasteiger partial charge < -0.3 is 15.3 Å². The molecule has 0 aromatic heterocycles. The Kier molecular flexibility index (Phi) is 5.44. The van der Waals surface area contributed by atoms with Gasteiger partial charge in [0.15, 0.2) is 0 Å². The summed E-state index contributed by atoms with van der Waals surface area (Å²) in [4.78, 5) is 15.0. The molecule has 1 amide bonds. The molecule has 2 unspecified atom stereocenters. The Labute approximate surface area is 122 Å². The molecule has 2 rings (SSSR count). The number of hydrogen-bond donors (Lipinski definition) is 2. The van der Waals surface area contributed by atoms with Gasteiger partial charge in [0.2, 0.25) is 5.91 Å². The normalized spacial score (nSPS) is 28.4. The largest absolute Gasteiger partial charge is 0.396 e. The highest BCUT2D eigenvalue weighted by Gasteiger charge is 2.40. The summed E-state index contributed by atoms with van der Waals surface area (Å²) in [6.07, 6.45) is 5.38. The maximum atomic E-state index is 12.9. The van der Waals surface area contributed by atoms with E-state index in [2.05, 4.69) is 24.1 Å². The first-order valence-electron chi connectivity index (χ1n) is 8.16. The fourth-order valence-electron chi connectivity index (χ4n) is 3.72. The topological polar surface area (TPSA) is 52.6 Å². The third-order valence-corrected chi connectivity index (χ3v) is 5.21. The van der Waals surface area contributed by atoms with Crippen molar-refractivity contribution in [2.75, 3.05) is 32.8 Å². The van der Waals surface area contributed by atoms with Crippen LogP contribution >= 0.6 is 0 Å². The van der Waals surface area contributed by atoms with Crippen molar-refractivity contribution in [1.82, 2.24) is 10.2 Å². The van der Waals surface area contributed by atoms with E-state index in [0.29, 0.717) is 17.7 Å². The molecule has 0 spiro atoms. The van der Waals surface area contributed by atoms with E-state index in [4.69, 9.17) is 5.11 Å². The highest BCUT2D eigenvalue weighted by Crippen LogP contribution is 2.35. The van der Waals surface area contributed by atoms with Crippen LogP contribution < -0.4 is 5.32 Å². The lowest BCUT2D eigenvalue weighted by Crippen LogP contribution is -2.51. The van der Waals surface area contributed by atoms with Crippen LogP contribution in [0.15, 0.2) is 0 Å². The van der Waals surface area contributed by atoms with Crippen LogP contribution in [0.2, 0.25) is 0 Å². The smallest absolute Gasteiger partial charge is 0.228 e. The predicted octanol–water partition coefficient (Wildman–Crippen LogP) is 1.63. The van der Waals surface area contributed by atoms with E-state index in [1.54, 1.807) is 0 Å². The number of likely N-dealkylation sites (tertiary alicyclic amines) is 1. The SMILES string of the molecule is CC(C)(C(=O)N1CCCC(CCO)C1)C1CCCNC1. The summed E-state index contributed by atoms with van der Waals surface area (Å²) < 4.78 is 0. The Hall–Kier alpha value is -0.610. The minimum absolute atomic E-state index is 0.239. The number of rotatable bonds is 4. The van der Waals surface area contributed by atoms with Gasteiger partial charge in [-0.05, 0) is 57.0 Å². The van der Waals surface area contributed by atoms with Gasteiger partial charge >= 0.3 is 0 Å². The molecule has 0 aromatic carbocycles. The number of amides is 1. The number of carbonyl (C=O) groups is 1. The van der Waals surface area contributed by atoms with Gasteiger partial charge in [-0.3, -0.25) is 4.79 Å². The molecule has 0 aliphatic carbocycles. The Balaban J connectivity index is 1.97. The average Bonchev–Trinajstić information content (AvgIpc) is 2.48. The summed E-state index contributed by atoms with van der Waals surface area (Å²) in [7, 11) is 0. The Morgan fingerprint density at radius 3 is 2.80 bits per heavy atom. The van der Waals surface area contributed by atoms with Crippen LogP contribution in [0.5, 0.6) is 0 Å². The summed E-state index contributed by atoms with van der Waals surface area (Å²) in [5.41, 5.74) is -0.269. The van der Waals surface area contributed by atoms with Crippen molar-refractivity contribution in [2.45, 2.75) is 46.0 Å². The van der Waals surface area contributed by atoms with Gasteiger partial charge in [-0.1, -0.05) is 13.8 Å². The molecule has 0 radical (unpaired) electrons. The molecule has 2 aliphatic heterocycles. The second kappa shape index (κ2) is 6.90. The molecule has 116 valence electrons. The first-order valence-corrected chi connectivity index (χ1v) is 8.16. The number of aliphatic hydroxyl groups excluding tert-OH is 1. The molecule has 2 heterocycles. The minimum Gasteiger partial charge on any atom is -0.396 e. The van der Waals surface area contributed by atoms with Crippen LogP contribution in [0.1, 0.15) is 46.0 Å². The third kappa shape index (κ3) is 3.53. The van der Waals surface area contributed by atoms with Gasteiger partial charge in [-0.2, -0.15) is 0 Å². The van der Waals surface area contributed by atoms with Gasteiger partial charge in [-0.25, -0.2) is 0 Å². The van der Waals surface area contributed by atoms with Crippen LogP contribution in [0.4, 0.5) is 0 Å². The predicted molar refractivity (Wildman–Crippen MR) is 80.4 cm³/mol. The standard InChI is InChI=1S/C16H30N2O2/c1-16(2,14-6-3-8-17-11-14)15(20)18-9-4-5-13(12-18)7-10-19/h13-14,17,19H,3-12H2,1-2H3. The molecule has 2 N–H and O–H groups in total. The summed E-state index contributed by atoms with van der Waals surface area (Å²) >= 11 is 0. The minimum atomic E-state index is -0.269. The zero-order valence-electron chi connectivity index (χ0n) is 13.0. The van der Waals surface area contributed by atoms with Crippen molar-refractivity contribution in [2.24, 2.45) is 17.3 Å². The van der Waals surface area contributed by atoms with Crippen molar-refractivity contribution in [3.8, 4) is 0 Å². The molecule has 2 aliphatic rings. The van der Waals surface area contributed by atoms with Crippen LogP contribution in [0, 0.1) is 17.3 Å². The zero-order chi connectivity index (χ0) is 14.6. The van der Waals surface area contributed by atoms with E-state index in [-0.39, 0.29) is 12.0 Å². The Bertz CT molecular complexity index is 322. The fraction of sp³-hybridized carbons (Fsp3) is 0.938. The Morgan fingerprint density at radius 2 is 2.15 bits per heavy atom. The van der Waals surface area contributed by atoms with Crippen LogP contribution in [0.25, 0.3) is 0 Å². The van der Waals surface area contributed by atoms with Gasteiger partial charge in [0.25, 0.3) is 0 Å². The number of nitrogens with one attached hydrogen (secondary N) is 1. The van der Waals surface area contributed by atoms with Crippen molar-refractivity contribution >= 4 is 5.91 Å². The van der Waals surface area contributed by atoms with Crippen LogP contribution in [0.3, 0.4) is 0 Å². The molecule has 20 heavy (non-hydrogen) atoms. The van der Waals surface area contributed by atoms with Gasteiger partial charge in [-0.15, -0.1) is 0 Å². The van der Waals surface area contributed by atoms with E-state index < -0.39 is 0 Å². The molecule has 4 heteroatoms. The quantitative estimate of drug-likeness (QED) is 0.824. The average molecular weight is 282 g/mol. The molecular formula is C16H30N2O2. The molecule has 2 atom stereocenters. The molecule has 2 fully saturated rings. The van der Waals surface area contributed by atoms with Gasteiger partial charge in [0, 0.05) is 25.1 Å². The third-order valence-electron chi connectivity index (χ3n) is 5.21. The van der Waals surface area contributed by atoms with Crippen LogP contribution in [-0.2, 0) is 4.79 Å². The molecular weight excluding hydrogens is 252 g/mol. The van der Waals surface area contributed by atoms with Crippen molar-refractivity contribution in [3.05, 3.63) is 0 Å². The molecule has 0 saturated carbocycles. The number of hydrogen-bond acceptors (Lipinski definition) is 3. The van der Waals surface area contributed by atoms with Crippen LogP contribution in [-0.4, -0.2) is 48.7 Å². The monoisotopic (exact) mass is 282 g/mol. The van der Waals surface area contributed by atoms with Crippen molar-refractivity contribution < 1.29 is 9.90 Å². The van der Waals surface area contributed by atoms with Gasteiger partial charge in [0.1, 0.15) is 0 Å². The number of carbonyl (C=O) groups excluding carboxylic acids is 1. The van der Waals surface area contributed by atoms with E-state index in [1.165, 1.54) is 6.42 Å².